The molecule has 2 rings (SSSR count). The molecule has 0 radical (unpaired) electrons. The predicted molar refractivity (Wildman–Crippen MR) is 54.9 cm³/mol. The Balaban J connectivity index is 2.24. The molecule has 0 saturated carbocycles. The summed E-state index contributed by atoms with van der Waals surface area (Å²) in [4.78, 5) is 25.1. The molecule has 0 aromatic heterocycles. The summed E-state index contributed by atoms with van der Waals surface area (Å²) in [6.07, 6.45) is 0. The van der Waals surface area contributed by atoms with Gasteiger partial charge >= 0.3 is 6.03 Å². The molecule has 4 nitrogen and oxygen atoms in total. The first-order valence-electron chi connectivity index (χ1n) is 4.99. The van der Waals surface area contributed by atoms with E-state index in [1.54, 1.807) is 0 Å². The molecule has 1 aliphatic heterocycles. The molecule has 17 heavy (non-hydrogen) atoms. The van der Waals surface area contributed by atoms with Crippen molar-refractivity contribution in [3.05, 3.63) is 35.4 Å². The van der Waals surface area contributed by atoms with Crippen LogP contribution in [0.1, 0.15) is 5.56 Å². The van der Waals surface area contributed by atoms with E-state index in [1.807, 2.05) is 0 Å². The Hall–Kier alpha value is -1.98. The summed E-state index contributed by atoms with van der Waals surface area (Å²) in [6.45, 7) is -0.276. The normalized spacial score (nSPS) is 15.9. The molecule has 0 bridgehead atoms. The molecule has 1 heterocycles. The zero-order valence-corrected chi connectivity index (χ0v) is 9.11. The second-order valence-electron chi connectivity index (χ2n) is 3.83. The maximum Gasteiger partial charge on any atom is 0.327 e. The summed E-state index contributed by atoms with van der Waals surface area (Å²) in [6, 6.07) is 3.16. The van der Waals surface area contributed by atoms with Crippen LogP contribution in [0, 0.1) is 11.6 Å². The SMILES string of the molecule is CN1CC(=O)N(Cc2cccc(F)c2F)C1=O. The van der Waals surface area contributed by atoms with E-state index in [-0.39, 0.29) is 18.7 Å². The minimum atomic E-state index is -1.03. The molecule has 1 aliphatic rings. The van der Waals surface area contributed by atoms with Crippen LogP contribution in [-0.2, 0) is 11.3 Å². The maximum atomic E-state index is 13.4. The van der Waals surface area contributed by atoms with E-state index in [1.165, 1.54) is 24.1 Å². The highest BCUT2D eigenvalue weighted by atomic mass is 19.2. The van der Waals surface area contributed by atoms with Crippen molar-refractivity contribution in [3.63, 3.8) is 0 Å². The average molecular weight is 240 g/mol. The van der Waals surface area contributed by atoms with Crippen LogP contribution in [-0.4, -0.2) is 35.3 Å². The van der Waals surface area contributed by atoms with Gasteiger partial charge in [0, 0.05) is 12.6 Å². The highest BCUT2D eigenvalue weighted by Crippen LogP contribution is 2.17. The highest BCUT2D eigenvalue weighted by Gasteiger charge is 2.33. The third-order valence-electron chi connectivity index (χ3n) is 2.59. The van der Waals surface area contributed by atoms with Gasteiger partial charge in [-0.3, -0.25) is 9.69 Å². The van der Waals surface area contributed by atoms with E-state index in [9.17, 15) is 18.4 Å². The van der Waals surface area contributed by atoms with Gasteiger partial charge in [-0.1, -0.05) is 12.1 Å². The molecule has 1 aromatic rings. The first-order valence-corrected chi connectivity index (χ1v) is 4.99. The van der Waals surface area contributed by atoms with Crippen LogP contribution in [0.5, 0.6) is 0 Å². The van der Waals surface area contributed by atoms with Crippen molar-refractivity contribution in [2.45, 2.75) is 6.54 Å². The maximum absolute atomic E-state index is 13.4. The Morgan fingerprint density at radius 2 is 2.00 bits per heavy atom. The predicted octanol–water partition coefficient (Wildman–Crippen LogP) is 1.36. The van der Waals surface area contributed by atoms with Gasteiger partial charge in [-0.25, -0.2) is 13.6 Å². The van der Waals surface area contributed by atoms with Gasteiger partial charge < -0.3 is 4.90 Å². The summed E-state index contributed by atoms with van der Waals surface area (Å²) in [5.74, 6) is -2.43. The molecule has 0 N–H and O–H groups in total. The number of benzene rings is 1. The Morgan fingerprint density at radius 1 is 1.29 bits per heavy atom. The fraction of sp³-hybridized carbons (Fsp3) is 0.273. The molecular weight excluding hydrogens is 230 g/mol. The number of amides is 3. The van der Waals surface area contributed by atoms with Crippen molar-refractivity contribution in [2.75, 3.05) is 13.6 Å². The first-order chi connectivity index (χ1) is 8.00. The van der Waals surface area contributed by atoms with Gasteiger partial charge in [0.25, 0.3) is 5.91 Å². The van der Waals surface area contributed by atoms with Gasteiger partial charge in [0.05, 0.1) is 6.54 Å². The second kappa shape index (κ2) is 4.12. The van der Waals surface area contributed by atoms with Gasteiger partial charge in [-0.2, -0.15) is 0 Å². The fourth-order valence-electron chi connectivity index (χ4n) is 1.67. The quantitative estimate of drug-likeness (QED) is 0.732. The van der Waals surface area contributed by atoms with E-state index < -0.39 is 23.6 Å². The molecule has 3 amide bonds. The third kappa shape index (κ3) is 1.98. The number of hydrogen-bond acceptors (Lipinski definition) is 2. The lowest BCUT2D eigenvalue weighted by Crippen LogP contribution is -2.31. The number of halogens is 2. The number of urea groups is 1. The zero-order valence-electron chi connectivity index (χ0n) is 9.11. The van der Waals surface area contributed by atoms with Gasteiger partial charge in [-0.15, -0.1) is 0 Å². The van der Waals surface area contributed by atoms with E-state index >= 15 is 0 Å². The summed E-state index contributed by atoms with van der Waals surface area (Å²) in [5, 5.41) is 0. The lowest BCUT2D eigenvalue weighted by molar-refractivity contribution is -0.125. The highest BCUT2D eigenvalue weighted by molar-refractivity contribution is 6.01. The molecule has 1 fully saturated rings. The van der Waals surface area contributed by atoms with Gasteiger partial charge in [0.2, 0.25) is 0 Å². The smallest absolute Gasteiger partial charge is 0.318 e. The number of likely N-dealkylation sites (N-methyl/N-ethyl adjacent to an activating group) is 1. The van der Waals surface area contributed by atoms with Crippen molar-refractivity contribution in [1.82, 2.24) is 9.80 Å². The van der Waals surface area contributed by atoms with Crippen LogP contribution in [0.25, 0.3) is 0 Å². The van der Waals surface area contributed by atoms with E-state index in [4.69, 9.17) is 0 Å². The monoisotopic (exact) mass is 240 g/mol. The Labute approximate surface area is 96.4 Å². The molecule has 1 saturated heterocycles. The lowest BCUT2D eigenvalue weighted by Gasteiger charge is -2.14. The number of carbonyl (C=O) groups excluding carboxylic acids is 2. The van der Waals surface area contributed by atoms with Gasteiger partial charge in [0.1, 0.15) is 6.54 Å². The minimum absolute atomic E-state index is 0.0120. The average Bonchev–Trinajstić information content (AvgIpc) is 2.51. The van der Waals surface area contributed by atoms with E-state index in [2.05, 4.69) is 0 Å². The number of nitrogens with zero attached hydrogens (tertiary/aromatic N) is 2. The fourth-order valence-corrected chi connectivity index (χ4v) is 1.67. The Bertz CT molecular complexity index is 490. The molecule has 6 heteroatoms. The standard InChI is InChI=1S/C11H10F2N2O2/c1-14-6-9(16)15(11(14)17)5-7-3-2-4-8(12)10(7)13/h2-4H,5-6H2,1H3. The van der Waals surface area contributed by atoms with Crippen LogP contribution in [0.2, 0.25) is 0 Å². The summed E-state index contributed by atoms with van der Waals surface area (Å²) in [5.41, 5.74) is -0.0120. The third-order valence-corrected chi connectivity index (χ3v) is 2.59. The lowest BCUT2D eigenvalue weighted by atomic mass is 10.2. The number of imide groups is 1. The van der Waals surface area contributed by atoms with Crippen molar-refractivity contribution >= 4 is 11.9 Å². The van der Waals surface area contributed by atoms with E-state index in [0.717, 1.165) is 11.0 Å². The number of hydrogen-bond donors (Lipinski definition) is 0. The second-order valence-corrected chi connectivity index (χ2v) is 3.83. The van der Waals surface area contributed by atoms with E-state index in [0.29, 0.717) is 0 Å². The molecule has 1 aromatic carbocycles. The topological polar surface area (TPSA) is 40.6 Å². The van der Waals surface area contributed by atoms with Crippen LogP contribution in [0.4, 0.5) is 13.6 Å². The summed E-state index contributed by atoms with van der Waals surface area (Å²) < 4.78 is 26.3. The van der Waals surface area contributed by atoms with Gasteiger partial charge in [0.15, 0.2) is 11.6 Å². The molecule has 0 unspecified atom stereocenters. The van der Waals surface area contributed by atoms with Crippen LogP contribution >= 0.6 is 0 Å². The van der Waals surface area contributed by atoms with Gasteiger partial charge in [-0.05, 0) is 6.07 Å². The molecule has 90 valence electrons. The zero-order chi connectivity index (χ0) is 12.6. The first kappa shape index (κ1) is 11.5. The summed E-state index contributed by atoms with van der Waals surface area (Å²) >= 11 is 0. The Morgan fingerprint density at radius 3 is 2.59 bits per heavy atom. The summed E-state index contributed by atoms with van der Waals surface area (Å²) in [7, 11) is 1.47. The van der Waals surface area contributed by atoms with Crippen molar-refractivity contribution in [1.29, 1.82) is 0 Å². The largest absolute Gasteiger partial charge is 0.327 e. The minimum Gasteiger partial charge on any atom is -0.318 e. The number of carbonyl (C=O) groups is 2. The molecule has 0 atom stereocenters. The Kier molecular flexibility index (Phi) is 2.79. The van der Waals surface area contributed by atoms with Crippen LogP contribution in [0.15, 0.2) is 18.2 Å². The van der Waals surface area contributed by atoms with Crippen molar-refractivity contribution in [3.8, 4) is 0 Å². The molecular formula is C11H10F2N2O2. The molecule has 0 aliphatic carbocycles. The van der Waals surface area contributed by atoms with Crippen molar-refractivity contribution in [2.24, 2.45) is 0 Å². The van der Waals surface area contributed by atoms with Crippen molar-refractivity contribution < 1.29 is 18.4 Å². The molecule has 0 spiro atoms. The number of rotatable bonds is 2. The van der Waals surface area contributed by atoms with Crippen LogP contribution in [0.3, 0.4) is 0 Å². The van der Waals surface area contributed by atoms with Crippen LogP contribution < -0.4 is 0 Å².